The van der Waals surface area contributed by atoms with E-state index >= 15 is 0 Å². The normalized spacial score (nSPS) is 37.4. The molecule has 4 unspecified atom stereocenters. The number of fused-ring (bicyclic) bond motifs is 2. The van der Waals surface area contributed by atoms with E-state index in [4.69, 9.17) is 0 Å². The zero-order valence-electron chi connectivity index (χ0n) is 11.7. The second-order valence-corrected chi connectivity index (χ2v) is 6.37. The first-order chi connectivity index (χ1) is 9.40. The first kappa shape index (κ1) is 12.6. The Hall–Kier alpha value is -1.14. The van der Waals surface area contributed by atoms with E-state index in [1.54, 1.807) is 0 Å². The van der Waals surface area contributed by atoms with Gasteiger partial charge in [-0.05, 0) is 25.3 Å². The molecule has 4 atom stereocenters. The van der Waals surface area contributed by atoms with Crippen molar-refractivity contribution in [3.05, 3.63) is 29.3 Å². The Morgan fingerprint density at radius 3 is 2.95 bits per heavy atom. The van der Waals surface area contributed by atoms with E-state index in [2.05, 4.69) is 39.0 Å². The summed E-state index contributed by atoms with van der Waals surface area (Å²) in [5, 5.41) is 10.9. The Labute approximate surface area is 119 Å². The molecule has 0 saturated carbocycles. The fraction of sp³-hybridized carbons (Fsp3) is 0.600. The minimum Gasteiger partial charge on any atom is -0.365 e. The molecule has 2 saturated heterocycles. The lowest BCUT2D eigenvalue weighted by Crippen LogP contribution is -2.50. The summed E-state index contributed by atoms with van der Waals surface area (Å²) in [6.45, 7) is 3.64. The van der Waals surface area contributed by atoms with E-state index < -0.39 is 0 Å². The second-order valence-electron chi connectivity index (χ2n) is 6.37. The summed E-state index contributed by atoms with van der Waals surface area (Å²) in [4.78, 5) is 2.64. The fourth-order valence-corrected chi connectivity index (χ4v) is 4.34. The van der Waals surface area contributed by atoms with Crippen molar-refractivity contribution in [2.24, 2.45) is 5.92 Å². The van der Waals surface area contributed by atoms with Crippen LogP contribution in [0.15, 0.2) is 18.2 Å². The van der Waals surface area contributed by atoms with Crippen LogP contribution in [0.5, 0.6) is 0 Å². The number of likely N-dealkylation sites (tertiary alicyclic amines) is 1. The van der Waals surface area contributed by atoms with Gasteiger partial charge in [0.1, 0.15) is 6.17 Å². The van der Waals surface area contributed by atoms with E-state index in [1.165, 1.54) is 49.3 Å². The molecule has 1 aromatic carbocycles. The van der Waals surface area contributed by atoms with Crippen molar-refractivity contribution >= 4 is 5.69 Å². The van der Waals surface area contributed by atoms with Crippen molar-refractivity contribution in [1.82, 2.24) is 21.7 Å². The lowest BCUT2D eigenvalue weighted by atomic mass is 9.91. The SMILES string of the molecule is N.c1cc2c3c(c1)C(N1CC4CCCNC4C1)NC2N3. The monoisotopic (exact) mass is 273 g/mol. The van der Waals surface area contributed by atoms with Crippen molar-refractivity contribution < 1.29 is 0 Å². The van der Waals surface area contributed by atoms with Gasteiger partial charge in [0.25, 0.3) is 0 Å². The lowest BCUT2D eigenvalue weighted by Gasteiger charge is -2.47. The maximum absolute atomic E-state index is 3.75. The van der Waals surface area contributed by atoms with E-state index in [-0.39, 0.29) is 6.15 Å². The van der Waals surface area contributed by atoms with Crippen LogP contribution in [-0.4, -0.2) is 30.6 Å². The highest BCUT2D eigenvalue weighted by atomic mass is 15.4. The van der Waals surface area contributed by atoms with Crippen molar-refractivity contribution in [1.29, 1.82) is 0 Å². The third-order valence-corrected chi connectivity index (χ3v) is 5.34. The third kappa shape index (κ3) is 1.58. The highest BCUT2D eigenvalue weighted by molar-refractivity contribution is 5.70. The van der Waals surface area contributed by atoms with Gasteiger partial charge in [0.2, 0.25) is 0 Å². The van der Waals surface area contributed by atoms with Gasteiger partial charge < -0.3 is 16.8 Å². The molecule has 2 fully saturated rings. The van der Waals surface area contributed by atoms with E-state index in [0.717, 1.165) is 12.0 Å². The molecule has 5 aliphatic rings. The maximum Gasteiger partial charge on any atom is 0.107 e. The smallest absolute Gasteiger partial charge is 0.107 e. The molecule has 4 bridgehead atoms. The summed E-state index contributed by atoms with van der Waals surface area (Å²) in [6.07, 6.45) is 3.54. The number of benzene rings is 1. The largest absolute Gasteiger partial charge is 0.365 e. The van der Waals surface area contributed by atoms with Gasteiger partial charge in [-0.2, -0.15) is 0 Å². The fourth-order valence-electron chi connectivity index (χ4n) is 4.34. The molecule has 5 nitrogen and oxygen atoms in total. The molecule has 5 heterocycles. The standard InChI is InChI=1S/C15H20N4.H3N/c1-4-10-13-11(5-1)15(18-14(10)17-13)19-7-9-3-2-6-16-12(9)8-19;/h1,4-5,9,12,14-18H,2-3,6-8H2;1H3. The molecule has 108 valence electrons. The number of hydrogen-bond donors (Lipinski definition) is 4. The second kappa shape index (κ2) is 4.43. The van der Waals surface area contributed by atoms with Crippen LogP contribution in [0.3, 0.4) is 0 Å². The number of rotatable bonds is 1. The van der Waals surface area contributed by atoms with E-state index in [0.29, 0.717) is 12.3 Å². The molecule has 0 aromatic heterocycles. The first-order valence-corrected chi connectivity index (χ1v) is 7.53. The van der Waals surface area contributed by atoms with E-state index in [9.17, 15) is 0 Å². The molecule has 1 aromatic rings. The molecule has 5 heteroatoms. The van der Waals surface area contributed by atoms with Crippen LogP contribution in [0.1, 0.15) is 36.3 Å². The summed E-state index contributed by atoms with van der Waals surface area (Å²) in [5.74, 6) is 0.856. The van der Waals surface area contributed by atoms with Gasteiger partial charge in [0.05, 0.1) is 6.17 Å². The average Bonchev–Trinajstić information content (AvgIpc) is 2.85. The van der Waals surface area contributed by atoms with Crippen molar-refractivity contribution in [2.45, 2.75) is 31.2 Å². The Morgan fingerprint density at radius 2 is 2.05 bits per heavy atom. The summed E-state index contributed by atoms with van der Waals surface area (Å²) in [6, 6.07) is 7.43. The molecular weight excluding hydrogens is 250 g/mol. The zero-order chi connectivity index (χ0) is 12.4. The van der Waals surface area contributed by atoms with E-state index in [1.807, 2.05) is 0 Å². The van der Waals surface area contributed by atoms with Gasteiger partial charge in [0.15, 0.2) is 0 Å². The van der Waals surface area contributed by atoms with Crippen LogP contribution in [0.4, 0.5) is 5.69 Å². The zero-order valence-corrected chi connectivity index (χ0v) is 11.7. The van der Waals surface area contributed by atoms with Gasteiger partial charge in [-0.1, -0.05) is 18.2 Å². The van der Waals surface area contributed by atoms with Crippen LogP contribution in [0, 0.1) is 5.92 Å². The Balaban J connectivity index is 0.00000106. The first-order valence-electron chi connectivity index (χ1n) is 7.53. The minimum atomic E-state index is 0. The Morgan fingerprint density at radius 1 is 1.15 bits per heavy atom. The van der Waals surface area contributed by atoms with Crippen LogP contribution >= 0.6 is 0 Å². The van der Waals surface area contributed by atoms with Gasteiger partial charge in [-0.25, -0.2) is 0 Å². The number of nitrogens with one attached hydrogen (secondary N) is 3. The Kier molecular flexibility index (Phi) is 2.79. The van der Waals surface area contributed by atoms with Gasteiger partial charge in [-0.3, -0.25) is 10.2 Å². The molecule has 6 rings (SSSR count). The molecule has 0 spiro atoms. The van der Waals surface area contributed by atoms with Crippen LogP contribution in [-0.2, 0) is 0 Å². The summed E-state index contributed by atoms with van der Waals surface area (Å²) < 4.78 is 0. The number of para-hydroxylation sites is 1. The highest BCUT2D eigenvalue weighted by Gasteiger charge is 2.44. The van der Waals surface area contributed by atoms with Crippen LogP contribution in [0.2, 0.25) is 0 Å². The van der Waals surface area contributed by atoms with Crippen molar-refractivity contribution in [2.75, 3.05) is 25.0 Å². The third-order valence-electron chi connectivity index (χ3n) is 5.34. The van der Waals surface area contributed by atoms with Crippen molar-refractivity contribution in [3.63, 3.8) is 0 Å². The molecular formula is C15H23N5. The topological polar surface area (TPSA) is 74.3 Å². The predicted octanol–water partition coefficient (Wildman–Crippen LogP) is 1.56. The number of nitrogens with zero attached hydrogens (tertiary/aromatic N) is 1. The molecule has 5 aliphatic heterocycles. The van der Waals surface area contributed by atoms with Crippen molar-refractivity contribution in [3.8, 4) is 0 Å². The minimum absolute atomic E-state index is 0. The quantitative estimate of drug-likeness (QED) is 0.625. The molecule has 6 N–H and O–H groups in total. The van der Waals surface area contributed by atoms with Crippen LogP contribution in [0.25, 0.3) is 0 Å². The summed E-state index contributed by atoms with van der Waals surface area (Å²) in [5.41, 5.74) is 4.28. The summed E-state index contributed by atoms with van der Waals surface area (Å²) >= 11 is 0. The molecule has 0 amide bonds. The van der Waals surface area contributed by atoms with Crippen LogP contribution < -0.4 is 22.1 Å². The number of hydrogen-bond acceptors (Lipinski definition) is 5. The molecule has 0 radical (unpaired) electrons. The lowest BCUT2D eigenvalue weighted by molar-refractivity contribution is 0.171. The molecule has 0 aliphatic carbocycles. The average molecular weight is 273 g/mol. The predicted molar refractivity (Wildman–Crippen MR) is 79.8 cm³/mol. The highest BCUT2D eigenvalue weighted by Crippen LogP contribution is 2.47. The van der Waals surface area contributed by atoms with Gasteiger partial charge in [0, 0.05) is 35.9 Å². The molecule has 20 heavy (non-hydrogen) atoms. The number of piperidine rings is 1. The van der Waals surface area contributed by atoms with Gasteiger partial charge in [-0.15, -0.1) is 0 Å². The Bertz CT molecular complexity index is 517. The maximum atomic E-state index is 3.75. The van der Waals surface area contributed by atoms with Gasteiger partial charge >= 0.3 is 0 Å². The number of anilines is 1. The summed E-state index contributed by atoms with van der Waals surface area (Å²) in [7, 11) is 0.